The van der Waals surface area contributed by atoms with Crippen molar-refractivity contribution >= 4 is 11.6 Å². The van der Waals surface area contributed by atoms with Crippen LogP contribution in [0.3, 0.4) is 0 Å². The van der Waals surface area contributed by atoms with Gasteiger partial charge < -0.3 is 10.1 Å². The van der Waals surface area contributed by atoms with Gasteiger partial charge in [0.2, 0.25) is 0 Å². The topological polar surface area (TPSA) is 74.0 Å². The summed E-state index contributed by atoms with van der Waals surface area (Å²) in [6.45, 7) is 9.44. The van der Waals surface area contributed by atoms with Crippen LogP contribution in [0.25, 0.3) is 0 Å². The molecule has 0 bridgehead atoms. The van der Waals surface area contributed by atoms with Crippen molar-refractivity contribution < 1.29 is 9.53 Å². The van der Waals surface area contributed by atoms with Crippen LogP contribution >= 0.6 is 0 Å². The van der Waals surface area contributed by atoms with Crippen molar-refractivity contribution in [2.24, 2.45) is 0 Å². The van der Waals surface area contributed by atoms with E-state index in [1.54, 1.807) is 27.8 Å². The van der Waals surface area contributed by atoms with Crippen LogP contribution in [0.2, 0.25) is 0 Å². The molecule has 0 radical (unpaired) electrons. The summed E-state index contributed by atoms with van der Waals surface area (Å²) in [6.07, 6.45) is 5.16. The number of benzene rings is 2. The van der Waals surface area contributed by atoms with E-state index in [1.165, 1.54) is 11.1 Å². The quantitative estimate of drug-likeness (QED) is 0.435. The maximum Gasteiger partial charge on any atom is 0.276 e. The summed E-state index contributed by atoms with van der Waals surface area (Å²) in [5.41, 5.74) is 4.64. The van der Waals surface area contributed by atoms with Gasteiger partial charge in [-0.2, -0.15) is 10.2 Å². The Labute approximate surface area is 194 Å². The average molecular weight is 444 g/mol. The molecule has 0 aliphatic carbocycles. The van der Waals surface area contributed by atoms with Gasteiger partial charge in [-0.25, -0.2) is 4.68 Å². The van der Waals surface area contributed by atoms with E-state index in [0.29, 0.717) is 17.9 Å². The Hall–Kier alpha value is -3.87. The summed E-state index contributed by atoms with van der Waals surface area (Å²) in [5, 5.41) is 11.5. The highest BCUT2D eigenvalue weighted by molar-refractivity contribution is 6.02. The number of anilines is 1. The zero-order valence-corrected chi connectivity index (χ0v) is 19.4. The van der Waals surface area contributed by atoms with Gasteiger partial charge in [0, 0.05) is 12.4 Å². The number of hydrogen-bond acceptors (Lipinski definition) is 4. The first kappa shape index (κ1) is 22.3. The lowest BCUT2D eigenvalue weighted by atomic mass is 9.87. The molecule has 4 aromatic rings. The predicted molar refractivity (Wildman–Crippen MR) is 128 cm³/mol. The van der Waals surface area contributed by atoms with E-state index in [1.807, 2.05) is 24.4 Å². The molecule has 0 saturated heterocycles. The number of hydrogen-bond donors (Lipinski definition) is 1. The van der Waals surface area contributed by atoms with E-state index < -0.39 is 0 Å². The summed E-state index contributed by atoms with van der Waals surface area (Å²) in [7, 11) is 0. The highest BCUT2D eigenvalue weighted by Gasteiger charge is 2.14. The highest BCUT2D eigenvalue weighted by Crippen LogP contribution is 2.24. The summed E-state index contributed by atoms with van der Waals surface area (Å²) in [6, 6.07) is 18.0. The fourth-order valence-electron chi connectivity index (χ4n) is 3.45. The Morgan fingerprint density at radius 1 is 1.06 bits per heavy atom. The summed E-state index contributed by atoms with van der Waals surface area (Å²) in [4.78, 5) is 12.6. The summed E-state index contributed by atoms with van der Waals surface area (Å²) < 4.78 is 9.18. The Morgan fingerprint density at radius 3 is 2.58 bits per heavy atom. The van der Waals surface area contributed by atoms with Gasteiger partial charge in [0.25, 0.3) is 5.91 Å². The first-order valence-corrected chi connectivity index (χ1v) is 10.9. The van der Waals surface area contributed by atoms with Gasteiger partial charge in [-0.15, -0.1) is 0 Å². The number of nitrogens with zero attached hydrogens (tertiary/aromatic N) is 4. The van der Waals surface area contributed by atoms with Crippen molar-refractivity contribution in [2.75, 3.05) is 5.32 Å². The fraction of sp³-hybridized carbons (Fsp3) is 0.269. The van der Waals surface area contributed by atoms with Crippen molar-refractivity contribution in [1.29, 1.82) is 0 Å². The molecular weight excluding hydrogens is 414 g/mol. The second-order valence-electron chi connectivity index (χ2n) is 9.16. The van der Waals surface area contributed by atoms with E-state index in [2.05, 4.69) is 73.5 Å². The van der Waals surface area contributed by atoms with Gasteiger partial charge >= 0.3 is 0 Å². The molecule has 4 rings (SSSR count). The van der Waals surface area contributed by atoms with E-state index in [0.717, 1.165) is 11.3 Å². The third-order valence-electron chi connectivity index (χ3n) is 5.28. The number of ether oxygens (including phenoxy) is 1. The number of rotatable bonds is 7. The number of amides is 1. The lowest BCUT2D eigenvalue weighted by Crippen LogP contribution is -2.14. The Balaban J connectivity index is 1.31. The van der Waals surface area contributed by atoms with Crippen LogP contribution in [0, 0.1) is 6.92 Å². The second kappa shape index (κ2) is 9.32. The number of carbonyl (C=O) groups excluding carboxylic acids is 1. The molecule has 2 aromatic carbocycles. The summed E-state index contributed by atoms with van der Waals surface area (Å²) in [5.74, 6) is 0.462. The van der Waals surface area contributed by atoms with E-state index in [9.17, 15) is 4.79 Å². The molecule has 170 valence electrons. The minimum Gasteiger partial charge on any atom is -0.471 e. The van der Waals surface area contributed by atoms with Crippen LogP contribution < -0.4 is 10.1 Å². The SMILES string of the molecule is Cc1cccc(Cn2cc(NC(=O)c3ccn(COc4ccc(C(C)(C)C)cc4)n3)cn2)c1. The minimum atomic E-state index is -0.293. The molecule has 0 aliphatic rings. The fourth-order valence-corrected chi connectivity index (χ4v) is 3.45. The molecular formula is C26H29N5O2. The van der Waals surface area contributed by atoms with Gasteiger partial charge in [0.05, 0.1) is 18.4 Å². The highest BCUT2D eigenvalue weighted by atomic mass is 16.5. The Morgan fingerprint density at radius 2 is 1.85 bits per heavy atom. The standard InChI is InChI=1S/C26H29N5O2/c1-19-6-5-7-20(14-19)16-31-17-22(15-27-31)28-25(32)24-12-13-30(29-24)18-33-23-10-8-21(9-11-23)26(2,3)4/h5-15,17H,16,18H2,1-4H3,(H,28,32). The molecule has 0 unspecified atom stereocenters. The van der Waals surface area contributed by atoms with Crippen molar-refractivity contribution in [1.82, 2.24) is 19.6 Å². The van der Waals surface area contributed by atoms with Crippen LogP contribution in [0.4, 0.5) is 5.69 Å². The van der Waals surface area contributed by atoms with Crippen LogP contribution in [-0.4, -0.2) is 25.5 Å². The first-order chi connectivity index (χ1) is 15.8. The molecule has 0 saturated carbocycles. The number of nitrogens with one attached hydrogen (secondary N) is 1. The van der Waals surface area contributed by atoms with Crippen molar-refractivity contribution in [2.45, 2.75) is 46.4 Å². The van der Waals surface area contributed by atoms with E-state index in [-0.39, 0.29) is 18.1 Å². The van der Waals surface area contributed by atoms with Crippen molar-refractivity contribution in [3.05, 3.63) is 95.6 Å². The molecule has 33 heavy (non-hydrogen) atoms. The maximum atomic E-state index is 12.6. The second-order valence-corrected chi connectivity index (χ2v) is 9.16. The smallest absolute Gasteiger partial charge is 0.276 e. The molecule has 7 heteroatoms. The minimum absolute atomic E-state index is 0.0971. The molecule has 0 fully saturated rings. The van der Waals surface area contributed by atoms with Gasteiger partial charge in [0.15, 0.2) is 12.4 Å². The zero-order valence-electron chi connectivity index (χ0n) is 19.4. The Kier molecular flexibility index (Phi) is 6.31. The van der Waals surface area contributed by atoms with Crippen LogP contribution in [-0.2, 0) is 18.7 Å². The molecule has 0 spiro atoms. The van der Waals surface area contributed by atoms with Gasteiger partial charge in [0.1, 0.15) is 5.75 Å². The van der Waals surface area contributed by atoms with Crippen molar-refractivity contribution in [3.63, 3.8) is 0 Å². The number of aromatic nitrogens is 4. The van der Waals surface area contributed by atoms with E-state index >= 15 is 0 Å². The van der Waals surface area contributed by atoms with E-state index in [4.69, 9.17) is 4.74 Å². The molecule has 2 aromatic heterocycles. The zero-order chi connectivity index (χ0) is 23.4. The van der Waals surface area contributed by atoms with Crippen LogP contribution in [0.5, 0.6) is 5.75 Å². The Bertz CT molecular complexity index is 1230. The number of aryl methyl sites for hydroxylation is 1. The number of carbonyl (C=O) groups is 1. The molecule has 1 N–H and O–H groups in total. The largest absolute Gasteiger partial charge is 0.471 e. The van der Waals surface area contributed by atoms with Crippen molar-refractivity contribution in [3.8, 4) is 5.75 Å². The molecule has 1 amide bonds. The monoisotopic (exact) mass is 443 g/mol. The normalized spacial score (nSPS) is 11.4. The predicted octanol–water partition coefficient (Wildman–Crippen LogP) is 5.02. The lowest BCUT2D eigenvalue weighted by molar-refractivity contribution is 0.102. The molecule has 7 nitrogen and oxygen atoms in total. The lowest BCUT2D eigenvalue weighted by Gasteiger charge is -2.19. The molecule has 0 atom stereocenters. The van der Waals surface area contributed by atoms with Gasteiger partial charge in [-0.3, -0.25) is 9.48 Å². The molecule has 0 aliphatic heterocycles. The molecule has 2 heterocycles. The third-order valence-corrected chi connectivity index (χ3v) is 5.28. The average Bonchev–Trinajstić information content (AvgIpc) is 3.42. The summed E-state index contributed by atoms with van der Waals surface area (Å²) >= 11 is 0. The first-order valence-electron chi connectivity index (χ1n) is 10.9. The third kappa shape index (κ3) is 5.88. The van der Waals surface area contributed by atoms with Gasteiger partial charge in [-0.05, 0) is 41.7 Å². The maximum absolute atomic E-state index is 12.6. The van der Waals surface area contributed by atoms with Crippen LogP contribution in [0.1, 0.15) is 48.0 Å². The van der Waals surface area contributed by atoms with Gasteiger partial charge in [-0.1, -0.05) is 62.7 Å². The van der Waals surface area contributed by atoms with Crippen LogP contribution in [0.15, 0.2) is 73.2 Å².